The quantitative estimate of drug-likeness (QED) is 0.513. The molecule has 0 aliphatic heterocycles. The van der Waals surface area contributed by atoms with Gasteiger partial charge in [0.15, 0.2) is 0 Å². The van der Waals surface area contributed by atoms with Gasteiger partial charge in [0, 0.05) is 0 Å². The number of hydrogen-bond donors (Lipinski definition) is 1. The van der Waals surface area contributed by atoms with E-state index in [2.05, 4.69) is 6.92 Å². The largest absolute Gasteiger partial charge is 0.344 e. The highest BCUT2D eigenvalue weighted by Gasteiger charge is 2.45. The molecule has 0 aromatic heterocycles. The van der Waals surface area contributed by atoms with Crippen LogP contribution in [0.4, 0.5) is 0 Å². The molecule has 2 aliphatic rings. The fraction of sp³-hybridized carbons (Fsp3) is 1.00. The Balaban J connectivity index is 0.000000320. The summed E-state index contributed by atoms with van der Waals surface area (Å²) in [7, 11) is 0. The van der Waals surface area contributed by atoms with Gasteiger partial charge in [-0.15, -0.1) is 0 Å². The standard InChI is InChI=1S/C7H12.H3N/c1-5-2-3-6-4-7(5)6;/h5-7H,2-4H2,1H3;1H3. The van der Waals surface area contributed by atoms with Crippen molar-refractivity contribution in [2.24, 2.45) is 17.8 Å². The molecule has 1 heteroatoms. The molecular formula is C7H15N. The van der Waals surface area contributed by atoms with Crippen LogP contribution >= 0.6 is 0 Å². The summed E-state index contributed by atoms with van der Waals surface area (Å²) >= 11 is 0. The van der Waals surface area contributed by atoms with Crippen molar-refractivity contribution in [3.05, 3.63) is 0 Å². The number of rotatable bonds is 0. The smallest absolute Gasteiger partial charge is 0.0357 e. The van der Waals surface area contributed by atoms with Crippen LogP contribution < -0.4 is 6.15 Å². The van der Waals surface area contributed by atoms with Crippen molar-refractivity contribution < 1.29 is 0 Å². The van der Waals surface area contributed by atoms with E-state index in [4.69, 9.17) is 0 Å². The summed E-state index contributed by atoms with van der Waals surface area (Å²) in [6.07, 6.45) is 4.64. The minimum absolute atomic E-state index is 0. The Labute approximate surface area is 51.1 Å². The van der Waals surface area contributed by atoms with E-state index in [1.807, 2.05) is 0 Å². The molecule has 0 aromatic rings. The van der Waals surface area contributed by atoms with Gasteiger partial charge >= 0.3 is 0 Å². The molecule has 8 heavy (non-hydrogen) atoms. The van der Waals surface area contributed by atoms with Crippen molar-refractivity contribution >= 4 is 0 Å². The van der Waals surface area contributed by atoms with E-state index in [1.54, 1.807) is 12.8 Å². The van der Waals surface area contributed by atoms with E-state index in [0.717, 1.165) is 5.92 Å². The molecule has 2 rings (SSSR count). The molecule has 0 heterocycles. The lowest BCUT2D eigenvalue weighted by atomic mass is 10.1. The summed E-state index contributed by atoms with van der Waals surface area (Å²) < 4.78 is 0. The molecule has 0 radical (unpaired) electrons. The number of hydrogen-bond acceptors (Lipinski definition) is 1. The molecule has 1 nitrogen and oxygen atoms in total. The van der Waals surface area contributed by atoms with Crippen LogP contribution in [-0.2, 0) is 0 Å². The Morgan fingerprint density at radius 2 is 2.00 bits per heavy atom. The predicted octanol–water partition coefficient (Wildman–Crippen LogP) is 2.21. The average Bonchev–Trinajstić information content (AvgIpc) is 2.33. The van der Waals surface area contributed by atoms with Gasteiger partial charge in [0.2, 0.25) is 0 Å². The maximum atomic E-state index is 2.40. The maximum Gasteiger partial charge on any atom is -0.0357 e. The van der Waals surface area contributed by atoms with Gasteiger partial charge in [0.25, 0.3) is 0 Å². The van der Waals surface area contributed by atoms with Gasteiger partial charge in [-0.1, -0.05) is 13.3 Å². The molecule has 3 unspecified atom stereocenters. The highest BCUT2D eigenvalue weighted by Crippen LogP contribution is 2.54. The molecular weight excluding hydrogens is 98.1 g/mol. The summed E-state index contributed by atoms with van der Waals surface area (Å²) in [5.74, 6) is 3.46. The van der Waals surface area contributed by atoms with Gasteiger partial charge in [-0.2, -0.15) is 0 Å². The maximum absolute atomic E-state index is 2.40. The molecule has 2 aliphatic carbocycles. The van der Waals surface area contributed by atoms with Gasteiger partial charge in [-0.3, -0.25) is 0 Å². The first kappa shape index (κ1) is 6.09. The van der Waals surface area contributed by atoms with E-state index in [1.165, 1.54) is 18.3 Å². The third-order valence-electron chi connectivity index (χ3n) is 2.70. The van der Waals surface area contributed by atoms with Crippen LogP contribution in [0.25, 0.3) is 0 Å². The van der Waals surface area contributed by atoms with Crippen molar-refractivity contribution in [1.82, 2.24) is 6.15 Å². The zero-order valence-corrected chi connectivity index (χ0v) is 5.56. The van der Waals surface area contributed by atoms with Crippen LogP contribution in [0.5, 0.6) is 0 Å². The first-order valence-electron chi connectivity index (χ1n) is 3.38. The molecule has 0 spiro atoms. The first-order chi connectivity index (χ1) is 3.38. The topological polar surface area (TPSA) is 35.0 Å². The van der Waals surface area contributed by atoms with Gasteiger partial charge in [-0.25, -0.2) is 0 Å². The molecule has 0 amide bonds. The van der Waals surface area contributed by atoms with E-state index in [0.29, 0.717) is 0 Å². The lowest BCUT2D eigenvalue weighted by Gasteiger charge is -1.98. The zero-order valence-electron chi connectivity index (χ0n) is 5.56. The van der Waals surface area contributed by atoms with Gasteiger partial charge in [0.1, 0.15) is 0 Å². The van der Waals surface area contributed by atoms with Crippen molar-refractivity contribution in [2.75, 3.05) is 0 Å². The van der Waals surface area contributed by atoms with Crippen LogP contribution in [0.2, 0.25) is 0 Å². The van der Waals surface area contributed by atoms with Gasteiger partial charge in [-0.05, 0) is 30.6 Å². The van der Waals surface area contributed by atoms with Crippen LogP contribution in [0.3, 0.4) is 0 Å². The van der Waals surface area contributed by atoms with Crippen molar-refractivity contribution in [2.45, 2.75) is 26.2 Å². The first-order valence-corrected chi connectivity index (χ1v) is 3.38. The monoisotopic (exact) mass is 113 g/mol. The van der Waals surface area contributed by atoms with Crippen LogP contribution in [-0.4, -0.2) is 0 Å². The molecule has 3 N–H and O–H groups in total. The molecule has 48 valence electrons. The summed E-state index contributed by atoms with van der Waals surface area (Å²) in [6, 6.07) is 0. The molecule has 3 atom stereocenters. The van der Waals surface area contributed by atoms with Crippen molar-refractivity contribution in [3.63, 3.8) is 0 Å². The summed E-state index contributed by atoms with van der Waals surface area (Å²) in [5.41, 5.74) is 0. The van der Waals surface area contributed by atoms with Crippen LogP contribution in [0.15, 0.2) is 0 Å². The highest BCUT2D eigenvalue weighted by atomic mass is 14.5. The molecule has 2 fully saturated rings. The summed E-state index contributed by atoms with van der Waals surface area (Å²) in [4.78, 5) is 0. The lowest BCUT2D eigenvalue weighted by molar-refractivity contribution is 0.530. The Kier molecular flexibility index (Phi) is 1.31. The van der Waals surface area contributed by atoms with E-state index in [-0.39, 0.29) is 6.15 Å². The fourth-order valence-electron chi connectivity index (χ4n) is 1.99. The second-order valence-electron chi connectivity index (χ2n) is 3.21. The van der Waals surface area contributed by atoms with Crippen molar-refractivity contribution in [1.29, 1.82) is 0 Å². The third-order valence-corrected chi connectivity index (χ3v) is 2.70. The summed E-state index contributed by atoms with van der Waals surface area (Å²) in [6.45, 7) is 2.40. The predicted molar refractivity (Wildman–Crippen MR) is 35.0 cm³/mol. The number of fused-ring (bicyclic) bond motifs is 1. The summed E-state index contributed by atoms with van der Waals surface area (Å²) in [5, 5.41) is 0. The lowest BCUT2D eigenvalue weighted by Crippen LogP contribution is -1.88. The highest BCUT2D eigenvalue weighted by molar-refractivity contribution is 4.95. The van der Waals surface area contributed by atoms with Gasteiger partial charge < -0.3 is 6.15 Å². The normalized spacial score (nSPS) is 49.9. The van der Waals surface area contributed by atoms with E-state index < -0.39 is 0 Å². The third kappa shape index (κ3) is 0.655. The molecule has 0 bridgehead atoms. The molecule has 2 saturated carbocycles. The van der Waals surface area contributed by atoms with Gasteiger partial charge in [0.05, 0.1) is 0 Å². The van der Waals surface area contributed by atoms with Crippen LogP contribution in [0, 0.1) is 17.8 Å². The second kappa shape index (κ2) is 1.73. The minimum atomic E-state index is 0. The Bertz CT molecular complexity index is 90.4. The van der Waals surface area contributed by atoms with E-state index in [9.17, 15) is 0 Å². The van der Waals surface area contributed by atoms with Crippen molar-refractivity contribution in [3.8, 4) is 0 Å². The second-order valence-corrected chi connectivity index (χ2v) is 3.21. The molecule has 0 aromatic carbocycles. The Morgan fingerprint density at radius 3 is 2.12 bits per heavy atom. The SMILES string of the molecule is CC1CCC2CC12.N. The van der Waals surface area contributed by atoms with E-state index >= 15 is 0 Å². The fourth-order valence-corrected chi connectivity index (χ4v) is 1.99. The Hall–Kier alpha value is -0.0400. The zero-order chi connectivity index (χ0) is 4.85. The van der Waals surface area contributed by atoms with Crippen LogP contribution in [0.1, 0.15) is 26.2 Å². The minimum Gasteiger partial charge on any atom is -0.344 e. The average molecular weight is 113 g/mol. The Morgan fingerprint density at radius 1 is 1.25 bits per heavy atom. The molecule has 0 saturated heterocycles.